The van der Waals surface area contributed by atoms with Crippen molar-refractivity contribution in [3.05, 3.63) is 16.3 Å². The van der Waals surface area contributed by atoms with Crippen LogP contribution in [0.25, 0.3) is 0 Å². The fraction of sp³-hybridized carbons (Fsp3) is 0.667. The molecule has 1 rings (SSSR count). The van der Waals surface area contributed by atoms with Gasteiger partial charge in [-0.25, -0.2) is 0 Å². The minimum atomic E-state index is 0.724. The van der Waals surface area contributed by atoms with Crippen LogP contribution in [0.5, 0.6) is 5.75 Å². The fourth-order valence-electron chi connectivity index (χ4n) is 1.34. The van der Waals surface area contributed by atoms with Gasteiger partial charge in [0.05, 0.1) is 7.11 Å². The molecular formula is C12H22N2OS. The SMILES string of the molecule is COc1csc(CNCCNCC(C)C)c1. The molecule has 1 aromatic rings. The van der Waals surface area contributed by atoms with Gasteiger partial charge < -0.3 is 15.4 Å². The van der Waals surface area contributed by atoms with Gasteiger partial charge in [0.1, 0.15) is 5.75 Å². The van der Waals surface area contributed by atoms with Crippen molar-refractivity contribution < 1.29 is 4.74 Å². The van der Waals surface area contributed by atoms with Crippen LogP contribution in [0, 0.1) is 5.92 Å². The lowest BCUT2D eigenvalue weighted by Gasteiger charge is -2.07. The number of methoxy groups -OCH3 is 1. The predicted molar refractivity (Wildman–Crippen MR) is 70.3 cm³/mol. The number of ether oxygens (including phenoxy) is 1. The minimum Gasteiger partial charge on any atom is -0.496 e. The van der Waals surface area contributed by atoms with Gasteiger partial charge >= 0.3 is 0 Å². The van der Waals surface area contributed by atoms with Gasteiger partial charge in [-0.15, -0.1) is 11.3 Å². The molecule has 0 aliphatic rings. The molecule has 0 saturated carbocycles. The molecule has 0 bridgehead atoms. The predicted octanol–water partition coefficient (Wildman–Crippen LogP) is 2.09. The second-order valence-electron chi connectivity index (χ2n) is 4.23. The second-order valence-corrected chi connectivity index (χ2v) is 5.22. The van der Waals surface area contributed by atoms with Gasteiger partial charge in [0.25, 0.3) is 0 Å². The average Bonchev–Trinajstić information content (AvgIpc) is 2.70. The molecule has 0 aromatic carbocycles. The first-order valence-corrected chi connectivity index (χ1v) is 6.63. The van der Waals surface area contributed by atoms with Crippen LogP contribution in [0.15, 0.2) is 11.4 Å². The molecule has 3 nitrogen and oxygen atoms in total. The van der Waals surface area contributed by atoms with Crippen LogP contribution in [0.3, 0.4) is 0 Å². The number of hydrogen-bond donors (Lipinski definition) is 2. The summed E-state index contributed by atoms with van der Waals surface area (Å²) in [7, 11) is 1.70. The molecule has 0 amide bonds. The van der Waals surface area contributed by atoms with E-state index in [-0.39, 0.29) is 0 Å². The van der Waals surface area contributed by atoms with E-state index in [1.807, 2.05) is 5.38 Å². The summed E-state index contributed by atoms with van der Waals surface area (Å²) in [4.78, 5) is 1.32. The third kappa shape index (κ3) is 5.49. The Bertz CT molecular complexity index is 286. The Labute approximate surface area is 102 Å². The highest BCUT2D eigenvalue weighted by Gasteiger charge is 1.98. The van der Waals surface area contributed by atoms with Gasteiger partial charge in [-0.2, -0.15) is 0 Å². The Morgan fingerprint density at radius 1 is 1.31 bits per heavy atom. The normalized spacial score (nSPS) is 11.0. The number of hydrogen-bond acceptors (Lipinski definition) is 4. The molecule has 92 valence electrons. The first kappa shape index (κ1) is 13.5. The maximum atomic E-state index is 5.14. The summed E-state index contributed by atoms with van der Waals surface area (Å²) < 4.78 is 5.14. The van der Waals surface area contributed by atoms with E-state index >= 15 is 0 Å². The Hall–Kier alpha value is -0.580. The summed E-state index contributed by atoms with van der Waals surface area (Å²) >= 11 is 1.73. The summed E-state index contributed by atoms with van der Waals surface area (Å²) in [5.74, 6) is 1.68. The van der Waals surface area contributed by atoms with Crippen molar-refractivity contribution in [2.24, 2.45) is 5.92 Å². The van der Waals surface area contributed by atoms with E-state index in [2.05, 4.69) is 30.5 Å². The first-order chi connectivity index (χ1) is 7.72. The molecule has 1 heterocycles. The maximum absolute atomic E-state index is 5.14. The van der Waals surface area contributed by atoms with Crippen molar-refractivity contribution in [1.82, 2.24) is 10.6 Å². The van der Waals surface area contributed by atoms with Crippen LogP contribution in [-0.2, 0) is 6.54 Å². The van der Waals surface area contributed by atoms with Crippen LogP contribution >= 0.6 is 11.3 Å². The van der Waals surface area contributed by atoms with Crippen LogP contribution in [0.4, 0.5) is 0 Å². The van der Waals surface area contributed by atoms with Gasteiger partial charge in [0, 0.05) is 29.9 Å². The van der Waals surface area contributed by atoms with Crippen LogP contribution in [0.1, 0.15) is 18.7 Å². The van der Waals surface area contributed by atoms with Crippen LogP contribution in [0.2, 0.25) is 0 Å². The molecule has 0 saturated heterocycles. The maximum Gasteiger partial charge on any atom is 0.129 e. The van der Waals surface area contributed by atoms with E-state index in [0.717, 1.165) is 37.8 Å². The van der Waals surface area contributed by atoms with Gasteiger partial charge in [0.2, 0.25) is 0 Å². The average molecular weight is 242 g/mol. The van der Waals surface area contributed by atoms with Gasteiger partial charge in [-0.05, 0) is 18.5 Å². The molecule has 0 atom stereocenters. The first-order valence-electron chi connectivity index (χ1n) is 5.75. The molecule has 4 heteroatoms. The van der Waals surface area contributed by atoms with Crippen molar-refractivity contribution in [2.75, 3.05) is 26.7 Å². The third-order valence-electron chi connectivity index (χ3n) is 2.20. The van der Waals surface area contributed by atoms with Crippen molar-refractivity contribution in [3.63, 3.8) is 0 Å². The molecular weight excluding hydrogens is 220 g/mol. The largest absolute Gasteiger partial charge is 0.496 e. The summed E-state index contributed by atoms with van der Waals surface area (Å²) in [6, 6.07) is 2.08. The van der Waals surface area contributed by atoms with Gasteiger partial charge in [-0.3, -0.25) is 0 Å². The molecule has 0 spiro atoms. The molecule has 0 aliphatic carbocycles. The molecule has 1 aromatic heterocycles. The Balaban J connectivity index is 2.02. The summed E-state index contributed by atoms with van der Waals surface area (Å²) in [5.41, 5.74) is 0. The summed E-state index contributed by atoms with van der Waals surface area (Å²) in [6.45, 7) is 8.50. The highest BCUT2D eigenvalue weighted by molar-refractivity contribution is 7.10. The monoisotopic (exact) mass is 242 g/mol. The molecule has 0 fully saturated rings. The van der Waals surface area contributed by atoms with E-state index < -0.39 is 0 Å². The highest BCUT2D eigenvalue weighted by atomic mass is 32.1. The van der Waals surface area contributed by atoms with Gasteiger partial charge in [-0.1, -0.05) is 13.8 Å². The van der Waals surface area contributed by atoms with E-state index in [1.54, 1.807) is 18.4 Å². The quantitative estimate of drug-likeness (QED) is 0.685. The smallest absolute Gasteiger partial charge is 0.129 e. The topological polar surface area (TPSA) is 33.3 Å². The lowest BCUT2D eigenvalue weighted by Crippen LogP contribution is -2.29. The molecule has 2 N–H and O–H groups in total. The highest BCUT2D eigenvalue weighted by Crippen LogP contribution is 2.20. The Morgan fingerprint density at radius 3 is 2.69 bits per heavy atom. The van der Waals surface area contributed by atoms with Crippen molar-refractivity contribution >= 4 is 11.3 Å². The van der Waals surface area contributed by atoms with E-state index in [4.69, 9.17) is 4.74 Å². The van der Waals surface area contributed by atoms with E-state index in [0.29, 0.717) is 0 Å². The molecule has 0 unspecified atom stereocenters. The summed E-state index contributed by atoms with van der Waals surface area (Å²) in [6.07, 6.45) is 0. The Kier molecular flexibility index (Phi) is 6.45. The van der Waals surface area contributed by atoms with Gasteiger partial charge in [0.15, 0.2) is 0 Å². The third-order valence-corrected chi connectivity index (χ3v) is 3.11. The zero-order valence-corrected chi connectivity index (χ0v) is 11.2. The zero-order valence-electron chi connectivity index (χ0n) is 10.4. The van der Waals surface area contributed by atoms with Crippen LogP contribution in [-0.4, -0.2) is 26.7 Å². The van der Waals surface area contributed by atoms with Crippen molar-refractivity contribution in [2.45, 2.75) is 20.4 Å². The number of rotatable bonds is 8. The van der Waals surface area contributed by atoms with Crippen molar-refractivity contribution in [3.8, 4) is 5.75 Å². The second kappa shape index (κ2) is 7.65. The number of nitrogens with one attached hydrogen (secondary N) is 2. The van der Waals surface area contributed by atoms with E-state index in [1.165, 1.54) is 4.88 Å². The molecule has 16 heavy (non-hydrogen) atoms. The standard InChI is InChI=1S/C12H22N2OS/c1-10(2)7-13-4-5-14-8-12-6-11(15-3)9-16-12/h6,9-10,13-14H,4-5,7-8H2,1-3H3. The van der Waals surface area contributed by atoms with E-state index in [9.17, 15) is 0 Å². The molecule has 0 radical (unpaired) electrons. The fourth-order valence-corrected chi connectivity index (χ4v) is 2.14. The minimum absolute atomic E-state index is 0.724. The molecule has 0 aliphatic heterocycles. The number of thiophene rings is 1. The summed E-state index contributed by atoms with van der Waals surface area (Å²) in [5, 5.41) is 8.84. The lowest BCUT2D eigenvalue weighted by molar-refractivity contribution is 0.416. The zero-order chi connectivity index (χ0) is 11.8. The lowest BCUT2D eigenvalue weighted by atomic mass is 10.2. The van der Waals surface area contributed by atoms with Crippen molar-refractivity contribution in [1.29, 1.82) is 0 Å². The van der Waals surface area contributed by atoms with Crippen LogP contribution < -0.4 is 15.4 Å². The Morgan fingerprint density at radius 2 is 2.06 bits per heavy atom.